The molecule has 0 radical (unpaired) electrons. The Morgan fingerprint density at radius 3 is 2.33 bits per heavy atom. The summed E-state index contributed by atoms with van der Waals surface area (Å²) in [5.74, 6) is 0.281. The van der Waals surface area contributed by atoms with Crippen LogP contribution in [0.5, 0.6) is 0 Å². The van der Waals surface area contributed by atoms with Gasteiger partial charge in [0.2, 0.25) is 5.91 Å². The van der Waals surface area contributed by atoms with Crippen molar-refractivity contribution in [3.63, 3.8) is 0 Å². The first-order chi connectivity index (χ1) is 8.60. The van der Waals surface area contributed by atoms with Crippen molar-refractivity contribution >= 4 is 5.91 Å². The third-order valence-electron chi connectivity index (χ3n) is 5.29. The third-order valence-corrected chi connectivity index (χ3v) is 5.29. The lowest BCUT2D eigenvalue weighted by molar-refractivity contribution is -0.132. The second-order valence-electron chi connectivity index (χ2n) is 6.55. The van der Waals surface area contributed by atoms with E-state index in [1.54, 1.807) is 0 Å². The van der Waals surface area contributed by atoms with Crippen LogP contribution in [0.25, 0.3) is 0 Å². The van der Waals surface area contributed by atoms with Gasteiger partial charge in [0.25, 0.3) is 0 Å². The first kappa shape index (κ1) is 13.9. The Hall–Kier alpha value is -0.570. The molecule has 0 aromatic rings. The average molecular weight is 252 g/mol. The molecule has 1 aliphatic heterocycles. The van der Waals surface area contributed by atoms with Crippen LogP contribution in [0.4, 0.5) is 0 Å². The molecule has 0 atom stereocenters. The Kier molecular flexibility index (Phi) is 4.31. The van der Waals surface area contributed by atoms with E-state index < -0.39 is 0 Å². The molecular formula is C15H28N2O. The third kappa shape index (κ3) is 2.87. The molecule has 2 aliphatic rings. The van der Waals surface area contributed by atoms with E-state index in [4.69, 9.17) is 0 Å². The molecule has 0 unspecified atom stereocenters. The van der Waals surface area contributed by atoms with Crippen LogP contribution in [0.1, 0.15) is 58.8 Å². The molecule has 1 aliphatic carbocycles. The highest BCUT2D eigenvalue weighted by atomic mass is 16.2. The number of rotatable bonds is 4. The molecule has 1 saturated heterocycles. The zero-order valence-electron chi connectivity index (χ0n) is 12.0. The molecule has 1 amide bonds. The fraction of sp³-hybridized carbons (Fsp3) is 0.933. The molecule has 2 fully saturated rings. The van der Waals surface area contributed by atoms with Crippen LogP contribution in [0.15, 0.2) is 0 Å². The minimum Gasteiger partial charge on any atom is -0.355 e. The first-order valence-electron chi connectivity index (χ1n) is 7.59. The average Bonchev–Trinajstić information content (AvgIpc) is 2.86. The second-order valence-corrected chi connectivity index (χ2v) is 6.55. The molecule has 104 valence electrons. The second kappa shape index (κ2) is 5.60. The van der Waals surface area contributed by atoms with Gasteiger partial charge in [0.05, 0.1) is 0 Å². The molecule has 3 nitrogen and oxygen atoms in total. The van der Waals surface area contributed by atoms with Crippen LogP contribution in [-0.4, -0.2) is 25.5 Å². The SMILES string of the molecule is CCC1(CNC(=O)C2(C)CCNCC2)CCCC1. The number of nitrogens with one attached hydrogen (secondary N) is 2. The summed E-state index contributed by atoms with van der Waals surface area (Å²) in [4.78, 5) is 12.4. The van der Waals surface area contributed by atoms with Gasteiger partial charge in [0, 0.05) is 12.0 Å². The van der Waals surface area contributed by atoms with E-state index in [1.807, 2.05) is 0 Å². The molecule has 0 aromatic carbocycles. The molecule has 2 N–H and O–H groups in total. The maximum absolute atomic E-state index is 12.4. The summed E-state index contributed by atoms with van der Waals surface area (Å²) in [5, 5.41) is 6.59. The van der Waals surface area contributed by atoms with E-state index in [-0.39, 0.29) is 11.3 Å². The lowest BCUT2D eigenvalue weighted by Crippen LogP contribution is -2.48. The van der Waals surface area contributed by atoms with Crippen LogP contribution < -0.4 is 10.6 Å². The molecular weight excluding hydrogens is 224 g/mol. The Morgan fingerprint density at radius 2 is 1.78 bits per heavy atom. The van der Waals surface area contributed by atoms with E-state index in [1.165, 1.54) is 32.1 Å². The highest BCUT2D eigenvalue weighted by Gasteiger charge is 2.37. The Morgan fingerprint density at radius 1 is 1.17 bits per heavy atom. The van der Waals surface area contributed by atoms with Gasteiger partial charge in [-0.1, -0.05) is 26.7 Å². The van der Waals surface area contributed by atoms with Crippen molar-refractivity contribution in [3.8, 4) is 0 Å². The fourth-order valence-electron chi connectivity index (χ4n) is 3.47. The van der Waals surface area contributed by atoms with Crippen LogP contribution in [0.3, 0.4) is 0 Å². The van der Waals surface area contributed by atoms with Crippen LogP contribution in [-0.2, 0) is 4.79 Å². The zero-order valence-corrected chi connectivity index (χ0v) is 12.0. The van der Waals surface area contributed by atoms with Crippen LogP contribution >= 0.6 is 0 Å². The van der Waals surface area contributed by atoms with Gasteiger partial charge in [-0.25, -0.2) is 0 Å². The Balaban J connectivity index is 1.87. The molecule has 18 heavy (non-hydrogen) atoms. The maximum Gasteiger partial charge on any atom is 0.226 e. The maximum atomic E-state index is 12.4. The molecule has 1 saturated carbocycles. The Labute approximate surface area is 111 Å². The van der Waals surface area contributed by atoms with Gasteiger partial charge in [-0.3, -0.25) is 4.79 Å². The topological polar surface area (TPSA) is 41.1 Å². The lowest BCUT2D eigenvalue weighted by atomic mass is 9.79. The van der Waals surface area contributed by atoms with Gasteiger partial charge in [0.1, 0.15) is 0 Å². The summed E-state index contributed by atoms with van der Waals surface area (Å²) in [7, 11) is 0. The highest BCUT2D eigenvalue weighted by Crippen LogP contribution is 2.40. The normalized spacial score (nSPS) is 25.9. The Bertz CT molecular complexity index is 289. The highest BCUT2D eigenvalue weighted by molar-refractivity contribution is 5.82. The molecule has 1 heterocycles. The minimum absolute atomic E-state index is 0.140. The van der Waals surface area contributed by atoms with E-state index in [2.05, 4.69) is 24.5 Å². The molecule has 3 heteroatoms. The van der Waals surface area contributed by atoms with Crippen molar-refractivity contribution in [2.45, 2.75) is 58.8 Å². The minimum atomic E-state index is -0.140. The van der Waals surface area contributed by atoms with Crippen LogP contribution in [0.2, 0.25) is 0 Å². The molecule has 0 bridgehead atoms. The first-order valence-corrected chi connectivity index (χ1v) is 7.59. The van der Waals surface area contributed by atoms with Crippen molar-refractivity contribution in [3.05, 3.63) is 0 Å². The van der Waals surface area contributed by atoms with Crippen LogP contribution in [0, 0.1) is 10.8 Å². The number of carbonyl (C=O) groups excluding carboxylic acids is 1. The van der Waals surface area contributed by atoms with Gasteiger partial charge >= 0.3 is 0 Å². The van der Waals surface area contributed by atoms with E-state index >= 15 is 0 Å². The fourth-order valence-corrected chi connectivity index (χ4v) is 3.47. The summed E-state index contributed by atoms with van der Waals surface area (Å²) in [5.41, 5.74) is 0.262. The van der Waals surface area contributed by atoms with E-state index in [9.17, 15) is 4.79 Å². The molecule has 0 spiro atoms. The zero-order chi connectivity index (χ0) is 13.1. The van der Waals surface area contributed by atoms with E-state index in [0.717, 1.165) is 32.5 Å². The largest absolute Gasteiger partial charge is 0.355 e. The van der Waals surface area contributed by atoms with Crippen molar-refractivity contribution in [1.82, 2.24) is 10.6 Å². The summed E-state index contributed by atoms with van der Waals surface area (Å²) in [6.07, 6.45) is 8.40. The van der Waals surface area contributed by atoms with Gasteiger partial charge in [0.15, 0.2) is 0 Å². The van der Waals surface area contributed by atoms with Gasteiger partial charge in [-0.2, -0.15) is 0 Å². The summed E-state index contributed by atoms with van der Waals surface area (Å²) < 4.78 is 0. The van der Waals surface area contributed by atoms with Gasteiger partial charge in [-0.05, 0) is 50.6 Å². The smallest absolute Gasteiger partial charge is 0.226 e. The monoisotopic (exact) mass is 252 g/mol. The number of hydrogen-bond donors (Lipinski definition) is 2. The number of hydrogen-bond acceptors (Lipinski definition) is 2. The molecule has 2 rings (SSSR count). The number of piperidine rings is 1. The van der Waals surface area contributed by atoms with Gasteiger partial charge in [-0.15, -0.1) is 0 Å². The summed E-state index contributed by atoms with van der Waals surface area (Å²) in [6.45, 7) is 7.23. The van der Waals surface area contributed by atoms with E-state index in [0.29, 0.717) is 5.41 Å². The predicted octanol–water partition coefficient (Wildman–Crippen LogP) is 2.46. The molecule has 0 aromatic heterocycles. The lowest BCUT2D eigenvalue weighted by Gasteiger charge is -2.35. The van der Waals surface area contributed by atoms with Crippen molar-refractivity contribution in [2.24, 2.45) is 10.8 Å². The predicted molar refractivity (Wildman–Crippen MR) is 74.4 cm³/mol. The van der Waals surface area contributed by atoms with Crippen molar-refractivity contribution in [2.75, 3.05) is 19.6 Å². The van der Waals surface area contributed by atoms with Crippen molar-refractivity contribution < 1.29 is 4.79 Å². The van der Waals surface area contributed by atoms with Gasteiger partial charge < -0.3 is 10.6 Å². The standard InChI is InChI=1S/C15H28N2O/c1-3-15(6-4-5-7-15)12-17-13(18)14(2)8-10-16-11-9-14/h16H,3-12H2,1-2H3,(H,17,18). The summed E-state index contributed by atoms with van der Waals surface area (Å²) in [6, 6.07) is 0. The quantitative estimate of drug-likeness (QED) is 0.807. The van der Waals surface area contributed by atoms with Crippen molar-refractivity contribution in [1.29, 1.82) is 0 Å². The number of amides is 1. The number of carbonyl (C=O) groups is 1. The summed E-state index contributed by atoms with van der Waals surface area (Å²) >= 11 is 0.